The number of benzene rings is 2. The summed E-state index contributed by atoms with van der Waals surface area (Å²) in [7, 11) is 0. The van der Waals surface area contributed by atoms with Gasteiger partial charge < -0.3 is 20.7 Å². The third-order valence-corrected chi connectivity index (χ3v) is 5.60. The number of nitrogens with zero attached hydrogens (tertiary/aromatic N) is 2. The van der Waals surface area contributed by atoms with Crippen molar-refractivity contribution in [2.45, 2.75) is 19.4 Å². The van der Waals surface area contributed by atoms with E-state index >= 15 is 0 Å². The van der Waals surface area contributed by atoms with Crippen molar-refractivity contribution in [2.24, 2.45) is 0 Å². The predicted octanol–water partition coefficient (Wildman–Crippen LogP) is 2.87. The first-order chi connectivity index (χ1) is 17.3. The molecular weight excluding hydrogens is 470 g/mol. The number of hydrogen-bond donors (Lipinski definition) is 4. The zero-order chi connectivity index (χ0) is 25.8. The number of nitrogens with two attached hydrogens (primary N) is 1. The molecule has 2 aromatic carbocycles. The molecule has 0 spiro atoms. The number of likely N-dealkylation sites (tertiary alicyclic amines) is 1. The lowest BCUT2D eigenvalue weighted by atomic mass is 10.0. The maximum atomic E-state index is 13.9. The molecule has 1 aromatic heterocycles. The summed E-state index contributed by atoms with van der Waals surface area (Å²) < 4.78 is 33.1. The van der Waals surface area contributed by atoms with E-state index in [4.69, 9.17) is 15.9 Å². The number of nitrogens with one attached hydrogen (secondary N) is 3. The van der Waals surface area contributed by atoms with Crippen molar-refractivity contribution in [1.82, 2.24) is 15.1 Å². The second-order valence-electron chi connectivity index (χ2n) is 8.00. The van der Waals surface area contributed by atoms with E-state index in [1.807, 2.05) is 0 Å². The lowest BCUT2D eigenvalue weighted by molar-refractivity contribution is -0.124. The minimum Gasteiger partial charge on any atom is -0.451 e. The zero-order valence-corrected chi connectivity index (χ0v) is 19.2. The van der Waals surface area contributed by atoms with Crippen molar-refractivity contribution in [3.63, 3.8) is 0 Å². The van der Waals surface area contributed by atoms with Gasteiger partial charge in [-0.3, -0.25) is 15.0 Å². The minimum atomic E-state index is -0.848. The topological polar surface area (TPSA) is 137 Å². The smallest absolute Gasteiger partial charge is 0.298 e. The number of H-pyrrole nitrogens is 1. The van der Waals surface area contributed by atoms with E-state index in [0.717, 1.165) is 12.1 Å². The number of carbonyl (C=O) groups excluding carboxylic acids is 1. The van der Waals surface area contributed by atoms with Gasteiger partial charge in [0.15, 0.2) is 23.2 Å². The maximum Gasteiger partial charge on any atom is 0.298 e. The highest BCUT2D eigenvalue weighted by atomic mass is 19.1. The van der Waals surface area contributed by atoms with E-state index in [1.165, 1.54) is 30.3 Å². The number of rotatable bonds is 6. The molecule has 0 saturated carbocycles. The number of carbonyl (C=O) groups is 1. The number of aromatic nitrogens is 2. The van der Waals surface area contributed by atoms with Crippen LogP contribution in [0.2, 0.25) is 0 Å². The van der Waals surface area contributed by atoms with Gasteiger partial charge >= 0.3 is 0 Å². The second-order valence-corrected chi connectivity index (χ2v) is 8.00. The van der Waals surface area contributed by atoms with Gasteiger partial charge in [0.25, 0.3) is 11.5 Å². The molecule has 2 heterocycles. The Hall–Kier alpha value is -4.72. The van der Waals surface area contributed by atoms with Crippen molar-refractivity contribution < 1.29 is 18.3 Å². The largest absolute Gasteiger partial charge is 0.451 e. The van der Waals surface area contributed by atoms with Crippen molar-refractivity contribution in [1.29, 1.82) is 5.41 Å². The molecule has 4 rings (SSSR count). The van der Waals surface area contributed by atoms with Gasteiger partial charge in [-0.1, -0.05) is 12.0 Å². The van der Waals surface area contributed by atoms with E-state index < -0.39 is 22.9 Å². The van der Waals surface area contributed by atoms with Crippen LogP contribution < -0.4 is 21.3 Å². The number of nitrogen functional groups attached to an aromatic ring is 1. The summed E-state index contributed by atoms with van der Waals surface area (Å²) in [4.78, 5) is 26.3. The van der Waals surface area contributed by atoms with Crippen LogP contribution in [0.15, 0.2) is 47.3 Å². The molecular formula is C25H22F2N6O3. The molecule has 1 aliphatic heterocycles. The first-order valence-electron chi connectivity index (χ1n) is 11.0. The highest BCUT2D eigenvalue weighted by Crippen LogP contribution is 2.29. The van der Waals surface area contributed by atoms with Gasteiger partial charge in [-0.25, -0.2) is 13.9 Å². The fraction of sp³-hybridized carbons (Fsp3) is 0.200. The average molecular weight is 492 g/mol. The van der Waals surface area contributed by atoms with Crippen LogP contribution >= 0.6 is 0 Å². The van der Waals surface area contributed by atoms with Crippen molar-refractivity contribution in [3.05, 3.63) is 75.6 Å². The Morgan fingerprint density at radius 3 is 2.61 bits per heavy atom. The number of hydrogen-bond acceptors (Lipinski definition) is 7. The Balaban J connectivity index is 1.57. The summed E-state index contributed by atoms with van der Waals surface area (Å²) in [5.41, 5.74) is 5.87. The molecule has 0 aliphatic carbocycles. The van der Waals surface area contributed by atoms with Crippen LogP contribution in [0.25, 0.3) is 0 Å². The fourth-order valence-corrected chi connectivity index (χ4v) is 3.84. The van der Waals surface area contributed by atoms with Gasteiger partial charge in [-0.05, 0) is 55.7 Å². The normalized spacial score (nSPS) is 14.6. The van der Waals surface area contributed by atoms with E-state index in [9.17, 15) is 18.4 Å². The molecule has 1 unspecified atom stereocenters. The molecule has 0 radical (unpaired) electrons. The van der Waals surface area contributed by atoms with Gasteiger partial charge in [0, 0.05) is 24.7 Å². The first kappa shape index (κ1) is 24.4. The number of halogens is 2. The molecule has 9 nitrogen and oxygen atoms in total. The quantitative estimate of drug-likeness (QED) is 0.309. The predicted molar refractivity (Wildman–Crippen MR) is 130 cm³/mol. The summed E-state index contributed by atoms with van der Waals surface area (Å²) >= 11 is 0. The van der Waals surface area contributed by atoms with E-state index in [-0.39, 0.29) is 40.5 Å². The monoisotopic (exact) mass is 492 g/mol. The lowest BCUT2D eigenvalue weighted by Gasteiger charge is -2.18. The highest BCUT2D eigenvalue weighted by molar-refractivity contribution is 6.16. The average Bonchev–Trinajstić information content (AvgIpc) is 3.33. The standard InChI is InChI=1S/C25H22F2N6O3/c1-2-4-19(34)33-12-11-15(13-33)30-22-20(24(29)31-32-25(22)35)21(28)14-7-9-16(10-8-14)36-23-17(26)5-3-6-18(23)27/h3,5-10,15,28H,11-13H2,1H3,(H,32,35)(H3,29,30,31). The molecule has 184 valence electrons. The molecule has 1 saturated heterocycles. The van der Waals surface area contributed by atoms with Crippen LogP contribution in [0, 0.1) is 28.9 Å². The maximum absolute atomic E-state index is 13.9. The SMILES string of the molecule is CC#CC(=O)N1CCC(Nc2c(C(=N)c3ccc(Oc4c(F)cccc4F)cc3)c(N)n[nH]c2=O)C1. The van der Waals surface area contributed by atoms with E-state index in [0.29, 0.717) is 25.1 Å². The highest BCUT2D eigenvalue weighted by Gasteiger charge is 2.28. The molecule has 1 amide bonds. The third kappa shape index (κ3) is 5.02. The fourth-order valence-electron chi connectivity index (χ4n) is 3.84. The molecule has 11 heteroatoms. The summed E-state index contributed by atoms with van der Waals surface area (Å²) in [5, 5.41) is 17.9. The molecule has 3 aromatic rings. The molecule has 36 heavy (non-hydrogen) atoms. The van der Waals surface area contributed by atoms with E-state index in [2.05, 4.69) is 27.4 Å². The van der Waals surface area contributed by atoms with Crippen LogP contribution in [-0.4, -0.2) is 45.8 Å². The Labute approximate surface area is 204 Å². The van der Waals surface area contributed by atoms with Gasteiger partial charge in [0.1, 0.15) is 11.4 Å². The van der Waals surface area contributed by atoms with E-state index in [1.54, 1.807) is 11.8 Å². The third-order valence-electron chi connectivity index (χ3n) is 5.60. The zero-order valence-electron chi connectivity index (χ0n) is 19.2. The Morgan fingerprint density at radius 2 is 1.94 bits per heavy atom. The number of amides is 1. The van der Waals surface area contributed by atoms with Crippen LogP contribution in [0.4, 0.5) is 20.3 Å². The minimum absolute atomic E-state index is 0.0575. The number of aromatic amines is 1. The van der Waals surface area contributed by atoms with Crippen LogP contribution in [0.3, 0.4) is 0 Å². The molecule has 1 fully saturated rings. The van der Waals surface area contributed by atoms with Crippen LogP contribution in [0.5, 0.6) is 11.5 Å². The van der Waals surface area contributed by atoms with Gasteiger partial charge in [0.2, 0.25) is 0 Å². The number of anilines is 2. The van der Waals surface area contributed by atoms with Crippen LogP contribution in [0.1, 0.15) is 24.5 Å². The summed E-state index contributed by atoms with van der Waals surface area (Å²) in [6.45, 7) is 2.39. The van der Waals surface area contributed by atoms with Crippen LogP contribution in [-0.2, 0) is 4.79 Å². The van der Waals surface area contributed by atoms with Crippen molar-refractivity contribution in [2.75, 3.05) is 24.1 Å². The molecule has 1 aliphatic rings. The Morgan fingerprint density at radius 1 is 1.25 bits per heavy atom. The van der Waals surface area contributed by atoms with Gasteiger partial charge in [-0.15, -0.1) is 0 Å². The second kappa shape index (κ2) is 10.3. The number of para-hydroxylation sites is 1. The van der Waals surface area contributed by atoms with Crippen molar-refractivity contribution in [3.8, 4) is 23.3 Å². The summed E-state index contributed by atoms with van der Waals surface area (Å²) in [6.07, 6.45) is 0.574. The number of ether oxygens (including phenoxy) is 1. The van der Waals surface area contributed by atoms with Gasteiger partial charge in [-0.2, -0.15) is 5.10 Å². The molecule has 5 N–H and O–H groups in total. The first-order valence-corrected chi connectivity index (χ1v) is 11.0. The summed E-state index contributed by atoms with van der Waals surface area (Å²) in [5.74, 6) is 2.62. The summed E-state index contributed by atoms with van der Waals surface area (Å²) in [6, 6.07) is 9.01. The van der Waals surface area contributed by atoms with Gasteiger partial charge in [0.05, 0.1) is 11.3 Å². The lowest BCUT2D eigenvalue weighted by Crippen LogP contribution is -2.33. The van der Waals surface area contributed by atoms with Crippen molar-refractivity contribution >= 4 is 23.1 Å². The molecule has 1 atom stereocenters. The Bertz CT molecular complexity index is 1420. The molecule has 0 bridgehead atoms. The Kier molecular flexibility index (Phi) is 6.96.